The molecule has 0 aliphatic carbocycles. The van der Waals surface area contributed by atoms with E-state index in [1.165, 1.54) is 15.3 Å². The van der Waals surface area contributed by atoms with Crippen LogP contribution in [0.1, 0.15) is 34.1 Å². The highest BCUT2D eigenvalue weighted by Gasteiger charge is 2.25. The molecule has 0 saturated heterocycles. The molecule has 0 bridgehead atoms. The maximum atomic E-state index is 12.8. The van der Waals surface area contributed by atoms with E-state index in [2.05, 4.69) is 52.7 Å². The average molecular weight is 414 g/mol. The van der Waals surface area contributed by atoms with Crippen LogP contribution in [0.4, 0.5) is 0 Å². The number of hydrogen-bond acceptors (Lipinski definition) is 6. The van der Waals surface area contributed by atoms with E-state index in [9.17, 15) is 4.79 Å². The van der Waals surface area contributed by atoms with Gasteiger partial charge in [0.15, 0.2) is 0 Å². The fraction of sp³-hybridized carbons (Fsp3) is 0.300. The van der Waals surface area contributed by atoms with Crippen LogP contribution in [-0.4, -0.2) is 21.4 Å². The van der Waals surface area contributed by atoms with Gasteiger partial charge in [0.05, 0.1) is 11.9 Å². The first kappa shape index (κ1) is 17.3. The van der Waals surface area contributed by atoms with Crippen LogP contribution in [-0.2, 0) is 13.0 Å². The molecule has 5 rings (SSSR count). The van der Waals surface area contributed by atoms with E-state index >= 15 is 0 Å². The van der Waals surface area contributed by atoms with Gasteiger partial charge in [-0.25, -0.2) is 4.98 Å². The van der Waals surface area contributed by atoms with Crippen molar-refractivity contribution in [3.8, 4) is 10.4 Å². The summed E-state index contributed by atoms with van der Waals surface area (Å²) in [5.74, 6) is 0.758. The number of rotatable bonds is 3. The predicted molar refractivity (Wildman–Crippen MR) is 115 cm³/mol. The monoisotopic (exact) mass is 413 g/mol. The Morgan fingerprint density at radius 1 is 1.30 bits per heavy atom. The molecular formula is C20H19N3OS3. The highest BCUT2D eigenvalue weighted by molar-refractivity contribution is 7.19. The standard InChI is InChI=1S/C20H19N3OS3/c1-11-3-4-16(27-11)14-10-26-20-18(14)19(24)21-17(22-20)9-23-7-5-15-13(12(23)2)6-8-25-15/h3-4,6,8,10,12H,5,7,9H2,1-2H3,(H,21,22,24)/t12-/m1/s1. The van der Waals surface area contributed by atoms with Crippen molar-refractivity contribution in [3.05, 3.63) is 60.5 Å². The maximum Gasteiger partial charge on any atom is 0.260 e. The summed E-state index contributed by atoms with van der Waals surface area (Å²) in [5.41, 5.74) is 2.39. The van der Waals surface area contributed by atoms with Crippen molar-refractivity contribution in [2.45, 2.75) is 32.9 Å². The van der Waals surface area contributed by atoms with E-state index in [4.69, 9.17) is 4.98 Å². The van der Waals surface area contributed by atoms with E-state index in [0.717, 1.165) is 39.4 Å². The molecule has 0 unspecified atom stereocenters. The van der Waals surface area contributed by atoms with Gasteiger partial charge in [-0.1, -0.05) is 0 Å². The smallest absolute Gasteiger partial charge is 0.260 e. The zero-order chi connectivity index (χ0) is 18.5. The summed E-state index contributed by atoms with van der Waals surface area (Å²) in [4.78, 5) is 27.8. The third kappa shape index (κ3) is 2.99. The number of nitrogens with one attached hydrogen (secondary N) is 1. The summed E-state index contributed by atoms with van der Waals surface area (Å²) >= 11 is 5.12. The second-order valence-corrected chi connectivity index (χ2v) is 10.1. The highest BCUT2D eigenvalue weighted by atomic mass is 32.1. The van der Waals surface area contributed by atoms with Gasteiger partial charge in [-0.15, -0.1) is 34.0 Å². The molecule has 0 spiro atoms. The van der Waals surface area contributed by atoms with Crippen LogP contribution in [0.15, 0.2) is 33.8 Å². The maximum absolute atomic E-state index is 12.8. The van der Waals surface area contributed by atoms with Crippen LogP contribution in [0.25, 0.3) is 20.7 Å². The number of thiophene rings is 3. The fourth-order valence-corrected chi connectivity index (χ4v) is 6.68. The number of aromatic amines is 1. The number of fused-ring (bicyclic) bond motifs is 2. The Morgan fingerprint density at radius 2 is 2.19 bits per heavy atom. The Labute approximate surface area is 169 Å². The van der Waals surface area contributed by atoms with Gasteiger partial charge < -0.3 is 4.98 Å². The molecule has 0 amide bonds. The molecule has 1 N–H and O–H groups in total. The number of H-pyrrole nitrogens is 1. The molecule has 4 aromatic heterocycles. The topological polar surface area (TPSA) is 49.0 Å². The summed E-state index contributed by atoms with van der Waals surface area (Å²) < 4.78 is 0. The quantitative estimate of drug-likeness (QED) is 0.502. The van der Waals surface area contributed by atoms with Gasteiger partial charge >= 0.3 is 0 Å². The molecule has 0 radical (unpaired) electrons. The van der Waals surface area contributed by atoms with Crippen molar-refractivity contribution < 1.29 is 0 Å². The largest absolute Gasteiger partial charge is 0.309 e. The van der Waals surface area contributed by atoms with Crippen molar-refractivity contribution in [1.82, 2.24) is 14.9 Å². The van der Waals surface area contributed by atoms with Crippen molar-refractivity contribution in [3.63, 3.8) is 0 Å². The lowest BCUT2D eigenvalue weighted by molar-refractivity contribution is 0.186. The lowest BCUT2D eigenvalue weighted by Crippen LogP contribution is -2.33. The Balaban J connectivity index is 1.48. The average Bonchev–Trinajstić information content (AvgIpc) is 3.36. The normalized spacial score (nSPS) is 17.5. The molecular weight excluding hydrogens is 394 g/mol. The minimum Gasteiger partial charge on any atom is -0.309 e. The van der Waals surface area contributed by atoms with E-state index in [1.807, 2.05) is 11.3 Å². The Kier molecular flexibility index (Phi) is 4.27. The lowest BCUT2D eigenvalue weighted by atomic mass is 10.0. The molecule has 0 aromatic carbocycles. The van der Waals surface area contributed by atoms with Crippen molar-refractivity contribution >= 4 is 44.2 Å². The Hall–Kier alpha value is -1.80. The van der Waals surface area contributed by atoms with E-state index < -0.39 is 0 Å². The van der Waals surface area contributed by atoms with Gasteiger partial charge in [-0.05, 0) is 49.4 Å². The van der Waals surface area contributed by atoms with Gasteiger partial charge in [0.1, 0.15) is 10.7 Å². The molecule has 5 heterocycles. The first-order chi connectivity index (χ1) is 13.1. The second kappa shape index (κ2) is 6.67. The lowest BCUT2D eigenvalue weighted by Gasteiger charge is -2.33. The molecule has 138 valence electrons. The summed E-state index contributed by atoms with van der Waals surface area (Å²) in [6.07, 6.45) is 1.07. The van der Waals surface area contributed by atoms with Gasteiger partial charge in [-0.3, -0.25) is 9.69 Å². The zero-order valence-corrected chi connectivity index (χ0v) is 17.6. The van der Waals surface area contributed by atoms with Crippen LogP contribution in [0.3, 0.4) is 0 Å². The highest BCUT2D eigenvalue weighted by Crippen LogP contribution is 2.36. The summed E-state index contributed by atoms with van der Waals surface area (Å²) in [6.45, 7) is 6.00. The number of aromatic nitrogens is 2. The SMILES string of the molecule is Cc1ccc(-c2csc3nc(CN4CCc5sccc5[C@H]4C)[nH]c(=O)c23)s1. The number of nitrogens with zero attached hydrogens (tertiary/aromatic N) is 2. The van der Waals surface area contributed by atoms with E-state index in [-0.39, 0.29) is 5.56 Å². The van der Waals surface area contributed by atoms with E-state index in [1.54, 1.807) is 22.7 Å². The minimum absolute atomic E-state index is 0.0295. The molecule has 0 saturated carbocycles. The molecule has 7 heteroatoms. The van der Waals surface area contributed by atoms with Crippen LogP contribution in [0.5, 0.6) is 0 Å². The summed E-state index contributed by atoms with van der Waals surface area (Å²) in [5, 5.41) is 4.96. The van der Waals surface area contributed by atoms with E-state index in [0.29, 0.717) is 12.6 Å². The molecule has 4 aromatic rings. The first-order valence-electron chi connectivity index (χ1n) is 8.97. The zero-order valence-electron chi connectivity index (χ0n) is 15.1. The molecule has 1 atom stereocenters. The van der Waals surface area contributed by atoms with Crippen molar-refractivity contribution in [2.24, 2.45) is 0 Å². The van der Waals surface area contributed by atoms with Crippen LogP contribution in [0.2, 0.25) is 0 Å². The molecule has 1 aliphatic heterocycles. The first-order valence-corrected chi connectivity index (χ1v) is 11.6. The molecule has 4 nitrogen and oxygen atoms in total. The van der Waals surface area contributed by atoms with Crippen LogP contribution < -0.4 is 5.56 Å². The van der Waals surface area contributed by atoms with Crippen molar-refractivity contribution in [2.75, 3.05) is 6.54 Å². The van der Waals surface area contributed by atoms with Gasteiger partial charge in [-0.2, -0.15) is 0 Å². The number of aryl methyl sites for hydroxylation is 1. The van der Waals surface area contributed by atoms with Gasteiger partial charge in [0, 0.05) is 38.2 Å². The third-order valence-corrected chi connectivity index (χ3v) is 8.16. The molecule has 1 aliphatic rings. The molecule has 27 heavy (non-hydrogen) atoms. The predicted octanol–water partition coefficient (Wildman–Crippen LogP) is 5.20. The summed E-state index contributed by atoms with van der Waals surface area (Å²) in [6, 6.07) is 6.76. The summed E-state index contributed by atoms with van der Waals surface area (Å²) in [7, 11) is 0. The van der Waals surface area contributed by atoms with Crippen molar-refractivity contribution in [1.29, 1.82) is 0 Å². The fourth-order valence-electron chi connectivity index (χ4n) is 3.80. The number of hydrogen-bond donors (Lipinski definition) is 1. The molecule has 0 fully saturated rings. The van der Waals surface area contributed by atoms with Crippen LogP contribution in [0, 0.1) is 6.92 Å². The third-order valence-electron chi connectivity index (χ3n) is 5.26. The van der Waals surface area contributed by atoms with Gasteiger partial charge in [0.25, 0.3) is 5.56 Å². The van der Waals surface area contributed by atoms with Gasteiger partial charge in [0.2, 0.25) is 0 Å². The Bertz CT molecular complexity index is 1180. The Morgan fingerprint density at radius 3 is 3.00 bits per heavy atom. The van der Waals surface area contributed by atoms with Crippen LogP contribution >= 0.6 is 34.0 Å². The second-order valence-electron chi connectivity index (χ2n) is 6.95. The minimum atomic E-state index is -0.0295.